The summed E-state index contributed by atoms with van der Waals surface area (Å²) < 4.78 is 0. The summed E-state index contributed by atoms with van der Waals surface area (Å²) in [6.45, 7) is 2.85. The van der Waals surface area contributed by atoms with Crippen LogP contribution in [0.4, 0.5) is 5.69 Å². The van der Waals surface area contributed by atoms with E-state index < -0.39 is 0 Å². The van der Waals surface area contributed by atoms with Gasteiger partial charge in [0.15, 0.2) is 0 Å². The maximum absolute atomic E-state index is 10.7. The number of benzene rings is 1. The molecule has 0 spiro atoms. The maximum Gasteiger partial charge on any atom is 0.124 e. The third-order valence-electron chi connectivity index (χ3n) is 3.49. The van der Waals surface area contributed by atoms with Crippen molar-refractivity contribution >= 4 is 12.0 Å². The molecule has 3 nitrogen and oxygen atoms in total. The molecule has 2 rings (SSSR count). The molecule has 0 aliphatic carbocycles. The molecule has 1 aromatic carbocycles. The molecule has 0 bridgehead atoms. The molecule has 17 heavy (non-hydrogen) atoms. The highest BCUT2D eigenvalue weighted by Gasteiger charge is 2.20. The number of para-hydroxylation sites is 1. The van der Waals surface area contributed by atoms with Crippen molar-refractivity contribution in [1.82, 2.24) is 0 Å². The number of piperidine rings is 1. The highest BCUT2D eigenvalue weighted by atomic mass is 16.1. The Hall–Kier alpha value is -1.35. The number of aldehydes is 1. The number of hydrogen-bond acceptors (Lipinski definition) is 3. The van der Waals surface area contributed by atoms with Gasteiger partial charge >= 0.3 is 0 Å². The van der Waals surface area contributed by atoms with Crippen LogP contribution in [0, 0.1) is 5.92 Å². The van der Waals surface area contributed by atoms with E-state index in [1.54, 1.807) is 0 Å². The summed E-state index contributed by atoms with van der Waals surface area (Å²) in [6.07, 6.45) is 3.89. The van der Waals surface area contributed by atoms with E-state index in [-0.39, 0.29) is 0 Å². The van der Waals surface area contributed by atoms with Gasteiger partial charge in [0.05, 0.1) is 0 Å². The second-order valence-electron chi connectivity index (χ2n) is 4.69. The van der Waals surface area contributed by atoms with Crippen molar-refractivity contribution in [3.05, 3.63) is 29.8 Å². The average Bonchev–Trinajstić information content (AvgIpc) is 2.40. The maximum atomic E-state index is 10.7. The second kappa shape index (κ2) is 5.82. The van der Waals surface area contributed by atoms with Gasteiger partial charge in [-0.3, -0.25) is 0 Å². The molecule has 2 N–H and O–H groups in total. The van der Waals surface area contributed by atoms with Crippen molar-refractivity contribution in [2.24, 2.45) is 11.7 Å². The first-order valence-corrected chi connectivity index (χ1v) is 6.31. The van der Waals surface area contributed by atoms with Gasteiger partial charge in [0, 0.05) is 25.2 Å². The van der Waals surface area contributed by atoms with Gasteiger partial charge in [-0.15, -0.1) is 0 Å². The van der Waals surface area contributed by atoms with E-state index in [2.05, 4.69) is 11.0 Å². The predicted octanol–water partition coefficient (Wildman–Crippen LogP) is 1.60. The molecule has 1 aromatic rings. The summed E-state index contributed by atoms with van der Waals surface area (Å²) in [5, 5.41) is 0. The van der Waals surface area contributed by atoms with Crippen molar-refractivity contribution in [3.63, 3.8) is 0 Å². The number of hydrogen-bond donors (Lipinski definition) is 1. The third-order valence-corrected chi connectivity index (χ3v) is 3.49. The van der Waals surface area contributed by atoms with Crippen LogP contribution < -0.4 is 10.6 Å². The van der Waals surface area contributed by atoms with Gasteiger partial charge in [-0.2, -0.15) is 0 Å². The number of nitrogens with two attached hydrogens (primary N) is 1. The Morgan fingerprint density at radius 1 is 1.41 bits per heavy atom. The van der Waals surface area contributed by atoms with Crippen LogP contribution in [0.1, 0.15) is 18.4 Å². The first-order valence-electron chi connectivity index (χ1n) is 6.31. The smallest absolute Gasteiger partial charge is 0.124 e. The zero-order valence-corrected chi connectivity index (χ0v) is 10.1. The number of rotatable bonds is 4. The van der Waals surface area contributed by atoms with Crippen LogP contribution in [-0.4, -0.2) is 25.9 Å². The quantitative estimate of drug-likeness (QED) is 0.802. The molecule has 1 atom stereocenters. The van der Waals surface area contributed by atoms with Gasteiger partial charge in [0.25, 0.3) is 0 Å². The van der Waals surface area contributed by atoms with Crippen LogP contribution in [0.3, 0.4) is 0 Å². The molecule has 1 saturated heterocycles. The zero-order chi connectivity index (χ0) is 12.1. The summed E-state index contributed by atoms with van der Waals surface area (Å²) in [7, 11) is 0. The first-order chi connectivity index (χ1) is 8.35. The summed E-state index contributed by atoms with van der Waals surface area (Å²) in [5.41, 5.74) is 8.09. The molecular formula is C14H20N2O. The molecule has 0 saturated carbocycles. The van der Waals surface area contributed by atoms with Gasteiger partial charge in [-0.1, -0.05) is 18.2 Å². The van der Waals surface area contributed by atoms with Gasteiger partial charge < -0.3 is 15.4 Å². The van der Waals surface area contributed by atoms with Crippen LogP contribution in [-0.2, 0) is 11.2 Å². The van der Waals surface area contributed by atoms with Crippen molar-refractivity contribution in [3.8, 4) is 0 Å². The standard InChI is InChI=1S/C14H20N2O/c15-10-12-4-3-8-16(11-12)14-6-2-1-5-13(14)7-9-17/h1-2,5-6,9,12H,3-4,7-8,10-11,15H2. The summed E-state index contributed by atoms with van der Waals surface area (Å²) >= 11 is 0. The molecular weight excluding hydrogens is 212 g/mol. The lowest BCUT2D eigenvalue weighted by Crippen LogP contribution is -2.38. The lowest BCUT2D eigenvalue weighted by molar-refractivity contribution is -0.107. The minimum absolute atomic E-state index is 0.500. The fourth-order valence-electron chi connectivity index (χ4n) is 2.56. The molecule has 1 unspecified atom stereocenters. The molecule has 92 valence electrons. The molecule has 0 amide bonds. The highest BCUT2D eigenvalue weighted by molar-refractivity contribution is 5.63. The Balaban J connectivity index is 2.17. The Kier molecular flexibility index (Phi) is 4.15. The minimum atomic E-state index is 0.500. The third kappa shape index (κ3) is 2.86. The average molecular weight is 232 g/mol. The van der Waals surface area contributed by atoms with E-state index in [1.807, 2.05) is 18.2 Å². The molecule has 1 aliphatic rings. The molecule has 3 heteroatoms. The number of nitrogens with zero attached hydrogens (tertiary/aromatic N) is 1. The first kappa shape index (κ1) is 12.1. The van der Waals surface area contributed by atoms with Crippen LogP contribution in [0.5, 0.6) is 0 Å². The Bertz CT molecular complexity index is 378. The lowest BCUT2D eigenvalue weighted by Gasteiger charge is -2.35. The van der Waals surface area contributed by atoms with Crippen molar-refractivity contribution in [2.75, 3.05) is 24.5 Å². The molecule has 1 heterocycles. The lowest BCUT2D eigenvalue weighted by atomic mass is 9.97. The number of carbonyl (C=O) groups excluding carboxylic acids is 1. The van der Waals surface area contributed by atoms with E-state index in [0.717, 1.165) is 31.5 Å². The zero-order valence-electron chi connectivity index (χ0n) is 10.1. The topological polar surface area (TPSA) is 46.3 Å². The Labute approximate surface area is 103 Å². The van der Waals surface area contributed by atoms with Crippen LogP contribution in [0.15, 0.2) is 24.3 Å². The summed E-state index contributed by atoms with van der Waals surface area (Å²) in [5.74, 6) is 0.591. The fourth-order valence-corrected chi connectivity index (χ4v) is 2.56. The van der Waals surface area contributed by atoms with Crippen LogP contribution in [0.2, 0.25) is 0 Å². The normalized spacial score (nSPS) is 20.3. The van der Waals surface area contributed by atoms with Gasteiger partial charge in [0.2, 0.25) is 0 Å². The highest BCUT2D eigenvalue weighted by Crippen LogP contribution is 2.26. The van der Waals surface area contributed by atoms with Crippen molar-refractivity contribution < 1.29 is 4.79 Å². The van der Waals surface area contributed by atoms with Crippen LogP contribution in [0.25, 0.3) is 0 Å². The Morgan fingerprint density at radius 2 is 2.24 bits per heavy atom. The van der Waals surface area contributed by atoms with E-state index in [1.165, 1.54) is 18.5 Å². The van der Waals surface area contributed by atoms with E-state index in [0.29, 0.717) is 12.3 Å². The Morgan fingerprint density at radius 3 is 3.00 bits per heavy atom. The molecule has 1 aliphatic heterocycles. The predicted molar refractivity (Wildman–Crippen MR) is 70.2 cm³/mol. The summed E-state index contributed by atoms with van der Waals surface area (Å²) in [4.78, 5) is 13.1. The monoisotopic (exact) mass is 232 g/mol. The summed E-state index contributed by atoms with van der Waals surface area (Å²) in [6, 6.07) is 8.18. The number of carbonyl (C=O) groups is 1. The van der Waals surface area contributed by atoms with Gasteiger partial charge in [-0.25, -0.2) is 0 Å². The van der Waals surface area contributed by atoms with E-state index in [9.17, 15) is 4.79 Å². The minimum Gasteiger partial charge on any atom is -0.371 e. The number of anilines is 1. The molecule has 0 radical (unpaired) electrons. The van der Waals surface area contributed by atoms with Gasteiger partial charge in [0.1, 0.15) is 6.29 Å². The van der Waals surface area contributed by atoms with Crippen molar-refractivity contribution in [1.29, 1.82) is 0 Å². The second-order valence-corrected chi connectivity index (χ2v) is 4.69. The fraction of sp³-hybridized carbons (Fsp3) is 0.500. The largest absolute Gasteiger partial charge is 0.371 e. The van der Waals surface area contributed by atoms with Crippen molar-refractivity contribution in [2.45, 2.75) is 19.3 Å². The SMILES string of the molecule is NCC1CCCN(c2ccccc2CC=O)C1. The van der Waals surface area contributed by atoms with E-state index >= 15 is 0 Å². The van der Waals surface area contributed by atoms with Crippen LogP contribution >= 0.6 is 0 Å². The van der Waals surface area contributed by atoms with Gasteiger partial charge in [-0.05, 0) is 36.9 Å². The van der Waals surface area contributed by atoms with E-state index in [4.69, 9.17) is 5.73 Å². The molecule has 1 fully saturated rings. The molecule has 0 aromatic heterocycles.